The van der Waals surface area contributed by atoms with Crippen molar-refractivity contribution in [3.63, 3.8) is 0 Å². The average molecular weight is 383 g/mol. The molecule has 0 aliphatic rings. The average Bonchev–Trinajstić information content (AvgIpc) is 3.24. The topological polar surface area (TPSA) is 76.2 Å². The molecule has 1 unspecified atom stereocenters. The molecule has 0 aliphatic heterocycles. The number of aryl methyl sites for hydroxylation is 2. The van der Waals surface area contributed by atoms with Crippen LogP contribution in [0.1, 0.15) is 44.7 Å². The number of hydrogen-bond acceptors (Lipinski definition) is 5. The van der Waals surface area contributed by atoms with Crippen LogP contribution in [0.4, 0.5) is 5.82 Å². The number of benzene rings is 1. The number of unbranched alkanes of at least 4 members (excludes halogenated alkanes) is 1. The molecule has 3 rings (SSSR count). The van der Waals surface area contributed by atoms with E-state index >= 15 is 0 Å². The van der Waals surface area contributed by atoms with Crippen molar-refractivity contribution in [1.82, 2.24) is 19.6 Å². The Morgan fingerprint density at radius 2 is 2.11 bits per heavy atom. The predicted molar refractivity (Wildman–Crippen MR) is 110 cm³/mol. The quantitative estimate of drug-likeness (QED) is 0.605. The first-order chi connectivity index (χ1) is 13.5. The second kappa shape index (κ2) is 9.01. The van der Waals surface area contributed by atoms with Gasteiger partial charge in [-0.15, -0.1) is 0 Å². The lowest BCUT2D eigenvalue weighted by molar-refractivity contribution is -0.121. The standard InChI is InChI=1S/C21H29N5O2/c1-5-7-11-18(21(27)23-19-13-15(3)28-24-19)25(4)14-20-22-16-10-8-9-12-17(16)26(20)6-2/h8-10,12-13,18H,5-7,11,14H2,1-4H3,(H,23,24,27). The van der Waals surface area contributed by atoms with Crippen LogP contribution >= 0.6 is 0 Å². The summed E-state index contributed by atoms with van der Waals surface area (Å²) in [5.74, 6) is 2.03. The van der Waals surface area contributed by atoms with Crippen LogP contribution in [0.25, 0.3) is 11.0 Å². The van der Waals surface area contributed by atoms with Crippen LogP contribution < -0.4 is 5.32 Å². The monoisotopic (exact) mass is 383 g/mol. The Balaban J connectivity index is 1.79. The molecule has 150 valence electrons. The highest BCUT2D eigenvalue weighted by Gasteiger charge is 2.25. The molecule has 2 heterocycles. The van der Waals surface area contributed by atoms with Gasteiger partial charge in [-0.25, -0.2) is 4.98 Å². The first-order valence-corrected chi connectivity index (χ1v) is 9.92. The highest BCUT2D eigenvalue weighted by molar-refractivity contribution is 5.94. The summed E-state index contributed by atoms with van der Waals surface area (Å²) >= 11 is 0. The minimum absolute atomic E-state index is 0.0663. The predicted octanol–water partition coefficient (Wildman–Crippen LogP) is 3.98. The zero-order valence-corrected chi connectivity index (χ0v) is 17.1. The van der Waals surface area contributed by atoms with Crippen molar-refractivity contribution in [2.75, 3.05) is 12.4 Å². The van der Waals surface area contributed by atoms with Crippen molar-refractivity contribution in [3.05, 3.63) is 41.9 Å². The molecule has 0 bridgehead atoms. The number of aromatic nitrogens is 3. The van der Waals surface area contributed by atoms with Gasteiger partial charge in [0, 0.05) is 12.6 Å². The van der Waals surface area contributed by atoms with E-state index in [1.54, 1.807) is 13.0 Å². The van der Waals surface area contributed by atoms with E-state index in [-0.39, 0.29) is 11.9 Å². The van der Waals surface area contributed by atoms with E-state index < -0.39 is 0 Å². The van der Waals surface area contributed by atoms with E-state index in [0.29, 0.717) is 18.1 Å². The number of imidazole rings is 1. The van der Waals surface area contributed by atoms with Gasteiger partial charge in [0.05, 0.1) is 23.6 Å². The fraction of sp³-hybridized carbons (Fsp3) is 0.476. The number of likely N-dealkylation sites (N-methyl/N-ethyl adjacent to an activating group) is 1. The number of hydrogen-bond donors (Lipinski definition) is 1. The van der Waals surface area contributed by atoms with Crippen molar-refractivity contribution in [1.29, 1.82) is 0 Å². The fourth-order valence-corrected chi connectivity index (χ4v) is 3.52. The molecule has 2 aromatic heterocycles. The SMILES string of the molecule is CCCCC(C(=O)Nc1cc(C)on1)N(C)Cc1nc2ccccc2n1CC. The largest absolute Gasteiger partial charge is 0.360 e. The van der Waals surface area contributed by atoms with E-state index in [1.807, 2.05) is 25.2 Å². The van der Waals surface area contributed by atoms with Crippen molar-refractivity contribution in [2.24, 2.45) is 0 Å². The molecule has 1 N–H and O–H groups in total. The number of fused-ring (bicyclic) bond motifs is 1. The maximum absolute atomic E-state index is 12.9. The van der Waals surface area contributed by atoms with Gasteiger partial charge in [-0.2, -0.15) is 0 Å². The molecule has 0 saturated heterocycles. The van der Waals surface area contributed by atoms with Crippen LogP contribution in [-0.2, 0) is 17.9 Å². The second-order valence-electron chi connectivity index (χ2n) is 7.15. The highest BCUT2D eigenvalue weighted by atomic mass is 16.5. The highest BCUT2D eigenvalue weighted by Crippen LogP contribution is 2.19. The summed E-state index contributed by atoms with van der Waals surface area (Å²) < 4.78 is 7.26. The van der Waals surface area contributed by atoms with Gasteiger partial charge in [0.15, 0.2) is 5.82 Å². The van der Waals surface area contributed by atoms with Crippen LogP contribution in [0.15, 0.2) is 34.9 Å². The number of nitrogens with one attached hydrogen (secondary N) is 1. The second-order valence-corrected chi connectivity index (χ2v) is 7.15. The van der Waals surface area contributed by atoms with Gasteiger partial charge in [-0.1, -0.05) is 37.1 Å². The van der Waals surface area contributed by atoms with Crippen LogP contribution in [0.3, 0.4) is 0 Å². The number of carbonyl (C=O) groups is 1. The lowest BCUT2D eigenvalue weighted by Crippen LogP contribution is -2.42. The number of para-hydroxylation sites is 2. The summed E-state index contributed by atoms with van der Waals surface area (Å²) in [6, 6.07) is 9.61. The fourth-order valence-electron chi connectivity index (χ4n) is 3.52. The summed E-state index contributed by atoms with van der Waals surface area (Å²) in [6.45, 7) is 7.49. The van der Waals surface area contributed by atoms with E-state index in [4.69, 9.17) is 9.51 Å². The lowest BCUT2D eigenvalue weighted by Gasteiger charge is -2.26. The van der Waals surface area contributed by atoms with E-state index in [2.05, 4.69) is 39.9 Å². The van der Waals surface area contributed by atoms with E-state index in [9.17, 15) is 4.79 Å². The molecule has 3 aromatic rings. The molecule has 0 spiro atoms. The molecule has 0 aliphatic carbocycles. The molecule has 1 atom stereocenters. The summed E-state index contributed by atoms with van der Waals surface area (Å²) in [7, 11) is 1.98. The van der Waals surface area contributed by atoms with Crippen molar-refractivity contribution in [2.45, 2.75) is 59.2 Å². The molecule has 0 radical (unpaired) electrons. The maximum atomic E-state index is 12.9. The number of carbonyl (C=O) groups excluding carboxylic acids is 1. The normalized spacial score (nSPS) is 12.6. The Morgan fingerprint density at radius 1 is 1.32 bits per heavy atom. The van der Waals surface area contributed by atoms with Crippen molar-refractivity contribution in [3.8, 4) is 0 Å². The summed E-state index contributed by atoms with van der Waals surface area (Å²) in [5.41, 5.74) is 2.11. The van der Waals surface area contributed by atoms with Crippen molar-refractivity contribution >= 4 is 22.8 Å². The minimum Gasteiger partial charge on any atom is -0.360 e. The molecular weight excluding hydrogens is 354 g/mol. The summed E-state index contributed by atoms with van der Waals surface area (Å²) in [4.78, 5) is 19.8. The molecule has 28 heavy (non-hydrogen) atoms. The summed E-state index contributed by atoms with van der Waals surface area (Å²) in [5, 5.41) is 6.76. The van der Waals surface area contributed by atoms with E-state index in [1.165, 1.54) is 0 Å². The first kappa shape index (κ1) is 20.1. The zero-order valence-electron chi connectivity index (χ0n) is 17.1. The maximum Gasteiger partial charge on any atom is 0.242 e. The Morgan fingerprint density at radius 3 is 2.79 bits per heavy atom. The molecule has 0 saturated carbocycles. The minimum atomic E-state index is -0.262. The molecule has 7 nitrogen and oxygen atoms in total. The van der Waals surface area contributed by atoms with Crippen molar-refractivity contribution < 1.29 is 9.32 Å². The van der Waals surface area contributed by atoms with Gasteiger partial charge in [-0.3, -0.25) is 9.69 Å². The molecule has 1 amide bonds. The molecular formula is C21H29N5O2. The third-order valence-corrected chi connectivity index (χ3v) is 4.99. The Hall–Kier alpha value is -2.67. The Bertz CT molecular complexity index is 930. The number of rotatable bonds is 9. The smallest absolute Gasteiger partial charge is 0.242 e. The third-order valence-electron chi connectivity index (χ3n) is 4.99. The molecule has 1 aromatic carbocycles. The number of anilines is 1. The van der Waals surface area contributed by atoms with Gasteiger partial charge in [0.2, 0.25) is 5.91 Å². The van der Waals surface area contributed by atoms with E-state index in [0.717, 1.165) is 42.7 Å². The first-order valence-electron chi connectivity index (χ1n) is 9.92. The molecule has 0 fully saturated rings. The van der Waals surface area contributed by atoms with Gasteiger partial charge >= 0.3 is 0 Å². The van der Waals surface area contributed by atoms with Gasteiger partial charge in [0.25, 0.3) is 0 Å². The van der Waals surface area contributed by atoms with Crippen LogP contribution in [0.5, 0.6) is 0 Å². The van der Waals surface area contributed by atoms with Gasteiger partial charge in [-0.05, 0) is 39.4 Å². The lowest BCUT2D eigenvalue weighted by atomic mass is 10.1. The zero-order chi connectivity index (χ0) is 20.1. The number of nitrogens with zero attached hydrogens (tertiary/aromatic N) is 4. The summed E-state index contributed by atoms with van der Waals surface area (Å²) in [6.07, 6.45) is 2.79. The third kappa shape index (κ3) is 4.42. The van der Waals surface area contributed by atoms with Gasteiger partial charge < -0.3 is 14.4 Å². The van der Waals surface area contributed by atoms with Crippen LogP contribution in [0, 0.1) is 6.92 Å². The number of amides is 1. The Kier molecular flexibility index (Phi) is 6.46. The molecule has 7 heteroatoms. The Labute approximate surface area is 165 Å². The van der Waals surface area contributed by atoms with Crippen LogP contribution in [0.2, 0.25) is 0 Å². The van der Waals surface area contributed by atoms with Crippen LogP contribution in [-0.4, -0.2) is 38.6 Å². The van der Waals surface area contributed by atoms with Gasteiger partial charge in [0.1, 0.15) is 11.6 Å².